The molecule has 1 N–H and O–H groups in total. The van der Waals surface area contributed by atoms with Crippen LogP contribution in [0.15, 0.2) is 4.52 Å². The van der Waals surface area contributed by atoms with Gasteiger partial charge in [-0.2, -0.15) is 4.98 Å². The first-order valence-corrected chi connectivity index (χ1v) is 9.67. The lowest BCUT2D eigenvalue weighted by Gasteiger charge is -2.30. The van der Waals surface area contributed by atoms with E-state index in [0.29, 0.717) is 18.1 Å². The van der Waals surface area contributed by atoms with Crippen molar-refractivity contribution in [1.82, 2.24) is 20.4 Å². The van der Waals surface area contributed by atoms with E-state index in [1.807, 2.05) is 6.92 Å². The smallest absolute Gasteiger partial charge is 0.325 e. The van der Waals surface area contributed by atoms with E-state index in [1.165, 1.54) is 4.90 Å². The third-order valence-electron chi connectivity index (χ3n) is 5.92. The number of urea groups is 1. The number of carbonyl (C=O) groups is 2. The highest BCUT2D eigenvalue weighted by Gasteiger charge is 2.51. The van der Waals surface area contributed by atoms with Crippen molar-refractivity contribution in [3.8, 4) is 0 Å². The summed E-state index contributed by atoms with van der Waals surface area (Å²) < 4.78 is 11.1. The van der Waals surface area contributed by atoms with Crippen molar-refractivity contribution < 1.29 is 18.8 Å². The van der Waals surface area contributed by atoms with Crippen LogP contribution < -0.4 is 5.32 Å². The molecule has 4 rings (SSSR count). The Morgan fingerprint density at radius 3 is 2.81 bits per heavy atom. The predicted octanol–water partition coefficient (Wildman–Crippen LogP) is 2.15. The Balaban J connectivity index is 1.38. The van der Waals surface area contributed by atoms with Crippen molar-refractivity contribution in [2.24, 2.45) is 0 Å². The van der Waals surface area contributed by atoms with Crippen molar-refractivity contribution in [3.63, 3.8) is 0 Å². The fourth-order valence-corrected chi connectivity index (χ4v) is 4.35. The van der Waals surface area contributed by atoms with Gasteiger partial charge in [-0.15, -0.1) is 0 Å². The van der Waals surface area contributed by atoms with Gasteiger partial charge in [0, 0.05) is 19.6 Å². The maximum Gasteiger partial charge on any atom is 0.325 e. The van der Waals surface area contributed by atoms with Gasteiger partial charge in [-0.3, -0.25) is 9.69 Å². The molecule has 1 saturated carbocycles. The number of aromatic nitrogens is 2. The first-order valence-electron chi connectivity index (χ1n) is 9.67. The topological polar surface area (TPSA) is 97.6 Å². The maximum absolute atomic E-state index is 12.8. The van der Waals surface area contributed by atoms with Gasteiger partial charge in [0.25, 0.3) is 5.91 Å². The molecule has 3 aliphatic rings. The van der Waals surface area contributed by atoms with Gasteiger partial charge in [-0.05, 0) is 32.6 Å². The van der Waals surface area contributed by atoms with E-state index >= 15 is 0 Å². The Kier molecular flexibility index (Phi) is 4.69. The standard InChI is InChI=1S/C18H26N4O4/c1-12-13(6-5-11-25-12)15-19-14(21-26-15)7-10-22-16(23)18(20-17(22)24)8-3-2-4-9-18/h12-13H,2-11H2,1H3,(H,20,24). The van der Waals surface area contributed by atoms with E-state index in [1.54, 1.807) is 0 Å². The summed E-state index contributed by atoms with van der Waals surface area (Å²) in [5.41, 5.74) is -0.674. The molecule has 3 heterocycles. The minimum Gasteiger partial charge on any atom is -0.378 e. The summed E-state index contributed by atoms with van der Waals surface area (Å²) in [5.74, 6) is 1.14. The zero-order valence-corrected chi connectivity index (χ0v) is 15.2. The van der Waals surface area contributed by atoms with Crippen molar-refractivity contribution in [2.45, 2.75) is 75.9 Å². The van der Waals surface area contributed by atoms with E-state index in [2.05, 4.69) is 15.5 Å². The second kappa shape index (κ2) is 6.98. The number of amides is 3. The quantitative estimate of drug-likeness (QED) is 0.824. The minimum absolute atomic E-state index is 0.0640. The van der Waals surface area contributed by atoms with Crippen LogP contribution in [0.5, 0.6) is 0 Å². The van der Waals surface area contributed by atoms with Gasteiger partial charge >= 0.3 is 6.03 Å². The zero-order valence-electron chi connectivity index (χ0n) is 15.2. The van der Waals surface area contributed by atoms with Crippen LogP contribution in [0.3, 0.4) is 0 Å². The van der Waals surface area contributed by atoms with E-state index in [4.69, 9.17) is 9.26 Å². The molecule has 0 aromatic carbocycles. The molecule has 0 bridgehead atoms. The van der Waals surface area contributed by atoms with Crippen LogP contribution in [0.2, 0.25) is 0 Å². The van der Waals surface area contributed by atoms with Crippen molar-refractivity contribution in [3.05, 3.63) is 11.7 Å². The van der Waals surface area contributed by atoms with Crippen molar-refractivity contribution in [1.29, 1.82) is 0 Å². The predicted molar refractivity (Wildman–Crippen MR) is 91.5 cm³/mol. The van der Waals surface area contributed by atoms with Crippen molar-refractivity contribution in [2.75, 3.05) is 13.2 Å². The molecule has 26 heavy (non-hydrogen) atoms. The van der Waals surface area contributed by atoms with Crippen LogP contribution in [0.1, 0.15) is 69.5 Å². The molecule has 1 aromatic rings. The van der Waals surface area contributed by atoms with Crippen molar-refractivity contribution >= 4 is 11.9 Å². The largest absolute Gasteiger partial charge is 0.378 e. The molecule has 2 unspecified atom stereocenters. The molecular formula is C18H26N4O4. The molecular weight excluding hydrogens is 336 g/mol. The normalized spacial score (nSPS) is 28.6. The van der Waals surface area contributed by atoms with Crippen LogP contribution in [-0.4, -0.2) is 51.8 Å². The van der Waals surface area contributed by atoms with Gasteiger partial charge < -0.3 is 14.6 Å². The molecule has 3 amide bonds. The zero-order chi connectivity index (χ0) is 18.1. The number of hydrogen-bond donors (Lipinski definition) is 1. The van der Waals surface area contributed by atoms with Crippen LogP contribution in [0.4, 0.5) is 4.79 Å². The molecule has 8 nitrogen and oxygen atoms in total. The number of nitrogens with one attached hydrogen (secondary N) is 1. The summed E-state index contributed by atoms with van der Waals surface area (Å²) in [4.78, 5) is 30.8. The molecule has 1 aromatic heterocycles. The van der Waals surface area contributed by atoms with E-state index in [0.717, 1.165) is 51.6 Å². The molecule has 2 saturated heterocycles. The Hall–Kier alpha value is -1.96. The van der Waals surface area contributed by atoms with Gasteiger partial charge in [-0.1, -0.05) is 24.4 Å². The van der Waals surface area contributed by atoms with Gasteiger partial charge in [0.2, 0.25) is 5.89 Å². The van der Waals surface area contributed by atoms with Crippen LogP contribution >= 0.6 is 0 Å². The van der Waals surface area contributed by atoms with Gasteiger partial charge in [-0.25, -0.2) is 4.79 Å². The SMILES string of the molecule is CC1OCCCC1c1nc(CCN2C(=O)NC3(CCCCC3)C2=O)no1. The molecule has 1 spiro atoms. The highest BCUT2D eigenvalue weighted by molar-refractivity contribution is 6.07. The van der Waals surface area contributed by atoms with Gasteiger partial charge in [0.05, 0.1) is 12.0 Å². The summed E-state index contributed by atoms with van der Waals surface area (Å²) >= 11 is 0. The highest BCUT2D eigenvalue weighted by Crippen LogP contribution is 2.34. The molecule has 1 aliphatic carbocycles. The number of carbonyl (C=O) groups excluding carboxylic acids is 2. The van der Waals surface area contributed by atoms with E-state index in [9.17, 15) is 9.59 Å². The third kappa shape index (κ3) is 3.11. The van der Waals surface area contributed by atoms with E-state index in [-0.39, 0.29) is 30.5 Å². The lowest BCUT2D eigenvalue weighted by Crippen LogP contribution is -2.48. The Morgan fingerprint density at radius 2 is 2.04 bits per heavy atom. The molecule has 142 valence electrons. The Morgan fingerprint density at radius 1 is 1.23 bits per heavy atom. The second-order valence-corrected chi connectivity index (χ2v) is 7.65. The summed E-state index contributed by atoms with van der Waals surface area (Å²) in [5, 5.41) is 6.95. The lowest BCUT2D eigenvalue weighted by molar-refractivity contribution is -0.132. The fraction of sp³-hybridized carbons (Fsp3) is 0.778. The van der Waals surface area contributed by atoms with Gasteiger partial charge in [0.15, 0.2) is 5.82 Å². The molecule has 0 radical (unpaired) electrons. The number of nitrogens with zero attached hydrogens (tertiary/aromatic N) is 3. The van der Waals surface area contributed by atoms with Crippen LogP contribution in [0, 0.1) is 0 Å². The molecule has 8 heteroatoms. The summed E-state index contributed by atoms with van der Waals surface area (Å²) in [7, 11) is 0. The monoisotopic (exact) mass is 362 g/mol. The van der Waals surface area contributed by atoms with E-state index < -0.39 is 5.54 Å². The Bertz CT molecular complexity index is 682. The number of ether oxygens (including phenoxy) is 1. The molecule has 2 atom stereocenters. The first kappa shape index (κ1) is 17.5. The van der Waals surface area contributed by atoms with Crippen LogP contribution in [-0.2, 0) is 16.0 Å². The first-order chi connectivity index (χ1) is 12.6. The molecule has 3 fully saturated rings. The average Bonchev–Trinajstić information content (AvgIpc) is 3.19. The number of hydrogen-bond acceptors (Lipinski definition) is 6. The maximum atomic E-state index is 12.8. The number of imide groups is 1. The summed E-state index contributed by atoms with van der Waals surface area (Å²) in [6.45, 7) is 3.07. The highest BCUT2D eigenvalue weighted by atomic mass is 16.5. The lowest BCUT2D eigenvalue weighted by atomic mass is 9.82. The minimum atomic E-state index is -0.674. The summed E-state index contributed by atoms with van der Waals surface area (Å²) in [6, 6.07) is -0.296. The molecule has 2 aliphatic heterocycles. The summed E-state index contributed by atoms with van der Waals surface area (Å²) in [6.07, 6.45) is 6.98. The number of rotatable bonds is 4. The van der Waals surface area contributed by atoms with Gasteiger partial charge in [0.1, 0.15) is 5.54 Å². The second-order valence-electron chi connectivity index (χ2n) is 7.65. The third-order valence-corrected chi connectivity index (χ3v) is 5.92. The fourth-order valence-electron chi connectivity index (χ4n) is 4.35. The average molecular weight is 362 g/mol. The Labute approximate surface area is 152 Å². The van der Waals surface area contributed by atoms with Crippen LogP contribution in [0.25, 0.3) is 0 Å².